The average Bonchev–Trinajstić information content (AvgIpc) is 2.96. The zero-order valence-corrected chi connectivity index (χ0v) is 22.6. The van der Waals surface area contributed by atoms with Crippen LogP contribution >= 0.6 is 11.6 Å². The summed E-state index contributed by atoms with van der Waals surface area (Å²) < 4.78 is 0. The summed E-state index contributed by atoms with van der Waals surface area (Å²) in [7, 11) is 0. The van der Waals surface area contributed by atoms with Gasteiger partial charge in [-0.25, -0.2) is 9.80 Å². The van der Waals surface area contributed by atoms with Gasteiger partial charge in [-0.3, -0.25) is 14.6 Å². The number of benzene rings is 3. The van der Waals surface area contributed by atoms with Crippen LogP contribution in [-0.4, -0.2) is 68.1 Å². The average molecular weight is 560 g/mol. The van der Waals surface area contributed by atoms with E-state index in [0.717, 1.165) is 16.7 Å². The Bertz CT molecular complexity index is 1400. The Morgan fingerprint density at radius 2 is 1.70 bits per heavy atom. The summed E-state index contributed by atoms with van der Waals surface area (Å²) in [5, 5.41) is 16.2. The van der Waals surface area contributed by atoms with Crippen LogP contribution in [0.4, 0.5) is 4.79 Å². The van der Waals surface area contributed by atoms with Crippen molar-refractivity contribution in [2.24, 2.45) is 0 Å². The van der Waals surface area contributed by atoms with Crippen molar-refractivity contribution in [1.29, 1.82) is 0 Å². The Kier molecular flexibility index (Phi) is 7.93. The quantitative estimate of drug-likeness (QED) is 0.460. The highest BCUT2D eigenvalue weighted by atomic mass is 35.5. The molecule has 1 unspecified atom stereocenters. The van der Waals surface area contributed by atoms with Gasteiger partial charge in [-0.15, -0.1) is 0 Å². The highest BCUT2D eigenvalue weighted by Crippen LogP contribution is 2.30. The van der Waals surface area contributed by atoms with Crippen molar-refractivity contribution in [3.05, 3.63) is 113 Å². The molecular weight excluding hydrogens is 530 g/mol. The van der Waals surface area contributed by atoms with Crippen molar-refractivity contribution < 1.29 is 19.5 Å². The van der Waals surface area contributed by atoms with Crippen LogP contribution in [0.3, 0.4) is 0 Å². The SMILES string of the molecule is C=CN1CC(=O)N2C(CN(Cc3ccccc3Cl)C(=O)[C@@H]2Cc2ccc(O)cc2)N1C(=O)NCc1ccccc1. The minimum absolute atomic E-state index is 0.0883. The number of phenolic OH excluding ortho intramolecular Hbond substituents is 1. The number of hydrogen-bond donors (Lipinski definition) is 2. The number of nitrogens with one attached hydrogen (secondary N) is 1. The smallest absolute Gasteiger partial charge is 0.338 e. The minimum atomic E-state index is -0.866. The van der Waals surface area contributed by atoms with Gasteiger partial charge in [0.2, 0.25) is 11.8 Å². The van der Waals surface area contributed by atoms with E-state index < -0.39 is 18.2 Å². The third-order valence-corrected chi connectivity index (χ3v) is 7.54. The van der Waals surface area contributed by atoms with Gasteiger partial charge in [-0.1, -0.05) is 78.8 Å². The van der Waals surface area contributed by atoms with E-state index in [-0.39, 0.29) is 43.6 Å². The van der Waals surface area contributed by atoms with Crippen LogP contribution in [0, 0.1) is 0 Å². The molecule has 3 aromatic carbocycles. The zero-order chi connectivity index (χ0) is 28.2. The fourth-order valence-electron chi connectivity index (χ4n) is 5.19. The van der Waals surface area contributed by atoms with Gasteiger partial charge in [0.1, 0.15) is 24.5 Å². The van der Waals surface area contributed by atoms with Crippen LogP contribution in [0.5, 0.6) is 5.75 Å². The molecule has 0 bridgehead atoms. The maximum atomic E-state index is 13.9. The van der Waals surface area contributed by atoms with Gasteiger partial charge in [0.25, 0.3) is 0 Å². The molecule has 10 heteroatoms. The van der Waals surface area contributed by atoms with Gasteiger partial charge < -0.3 is 20.2 Å². The first-order chi connectivity index (χ1) is 19.4. The topological polar surface area (TPSA) is 96.4 Å². The number of piperazine rings is 1. The lowest BCUT2D eigenvalue weighted by Crippen LogP contribution is -2.75. The van der Waals surface area contributed by atoms with Crippen molar-refractivity contribution in [1.82, 2.24) is 25.1 Å². The normalized spacial score (nSPS) is 18.9. The van der Waals surface area contributed by atoms with E-state index in [0.29, 0.717) is 11.6 Å². The van der Waals surface area contributed by atoms with Crippen LogP contribution in [0.25, 0.3) is 0 Å². The van der Waals surface area contributed by atoms with Gasteiger partial charge in [-0.2, -0.15) is 0 Å². The third kappa shape index (κ3) is 5.60. The third-order valence-electron chi connectivity index (χ3n) is 7.17. The predicted octanol–water partition coefficient (Wildman–Crippen LogP) is 3.74. The molecule has 9 nitrogen and oxygen atoms in total. The van der Waals surface area contributed by atoms with E-state index in [1.807, 2.05) is 48.5 Å². The van der Waals surface area contributed by atoms with E-state index in [2.05, 4.69) is 11.9 Å². The van der Waals surface area contributed by atoms with E-state index in [1.54, 1.807) is 35.2 Å². The summed E-state index contributed by atoms with van der Waals surface area (Å²) in [4.78, 5) is 44.2. The number of urea groups is 1. The Morgan fingerprint density at radius 3 is 2.40 bits per heavy atom. The monoisotopic (exact) mass is 559 g/mol. The van der Waals surface area contributed by atoms with Gasteiger partial charge >= 0.3 is 6.03 Å². The predicted molar refractivity (Wildman–Crippen MR) is 151 cm³/mol. The standard InChI is InChI=1S/C30H30ClN5O4/c1-2-34-20-28(38)35-26(16-21-12-14-24(37)15-13-21)29(39)33(18-23-10-6-7-11-25(23)31)19-27(35)36(34)30(40)32-17-22-8-4-3-5-9-22/h2-15,26-27,37H,1,16-20H2,(H,32,40)/t26-,27?/m0/s1. The molecular formula is C30H30ClN5O4. The second-order valence-corrected chi connectivity index (χ2v) is 10.2. The Morgan fingerprint density at radius 1 is 1.00 bits per heavy atom. The number of hydrogen-bond acceptors (Lipinski definition) is 5. The Hall–Kier alpha value is -4.50. The number of aromatic hydroxyl groups is 1. The number of carbonyl (C=O) groups is 3. The summed E-state index contributed by atoms with van der Waals surface area (Å²) in [6.45, 7) is 4.29. The van der Waals surface area contributed by atoms with Gasteiger partial charge in [0, 0.05) is 30.7 Å². The fourth-order valence-corrected chi connectivity index (χ4v) is 5.39. The van der Waals surface area contributed by atoms with Crippen molar-refractivity contribution >= 4 is 29.4 Å². The maximum absolute atomic E-state index is 13.9. The Balaban J connectivity index is 1.49. The van der Waals surface area contributed by atoms with E-state index in [9.17, 15) is 19.5 Å². The number of nitrogens with zero attached hydrogens (tertiary/aromatic N) is 4. The molecule has 2 N–H and O–H groups in total. The number of carbonyl (C=O) groups excluding carboxylic acids is 3. The van der Waals surface area contributed by atoms with Crippen molar-refractivity contribution in [2.45, 2.75) is 31.7 Å². The number of amides is 4. The summed E-state index contributed by atoms with van der Waals surface area (Å²) in [5.41, 5.74) is 2.46. The van der Waals surface area contributed by atoms with Crippen LogP contribution in [0.2, 0.25) is 5.02 Å². The van der Waals surface area contributed by atoms with Crippen LogP contribution in [0.15, 0.2) is 91.6 Å². The molecule has 4 amide bonds. The first kappa shape index (κ1) is 27.1. The van der Waals surface area contributed by atoms with Gasteiger partial charge in [0.05, 0.1) is 6.54 Å². The number of halogens is 1. The first-order valence-electron chi connectivity index (χ1n) is 13.0. The van der Waals surface area contributed by atoms with E-state index >= 15 is 0 Å². The number of phenols is 1. The van der Waals surface area contributed by atoms with Crippen LogP contribution < -0.4 is 5.32 Å². The molecule has 0 saturated carbocycles. The number of hydrazine groups is 1. The van der Waals surface area contributed by atoms with E-state index in [4.69, 9.17) is 11.6 Å². The second-order valence-electron chi connectivity index (χ2n) is 9.75. The summed E-state index contributed by atoms with van der Waals surface area (Å²) in [6.07, 6.45) is 0.882. The molecule has 0 aromatic heterocycles. The second kappa shape index (κ2) is 11.7. The molecule has 2 atom stereocenters. The highest BCUT2D eigenvalue weighted by Gasteiger charge is 2.51. The molecule has 2 aliphatic rings. The minimum Gasteiger partial charge on any atom is -0.508 e. The summed E-state index contributed by atoms with van der Waals surface area (Å²) in [5.74, 6) is -0.422. The first-order valence-corrected chi connectivity index (χ1v) is 13.3. The molecule has 2 saturated heterocycles. The summed E-state index contributed by atoms with van der Waals surface area (Å²) in [6, 6.07) is 22.1. The fraction of sp³-hybridized carbons (Fsp3) is 0.233. The molecule has 0 aliphatic carbocycles. The largest absolute Gasteiger partial charge is 0.508 e. The molecule has 206 valence electrons. The highest BCUT2D eigenvalue weighted by molar-refractivity contribution is 6.31. The van der Waals surface area contributed by atoms with Gasteiger partial charge in [-0.05, 0) is 34.9 Å². The molecule has 2 fully saturated rings. The molecule has 2 aliphatic heterocycles. The van der Waals surface area contributed by atoms with Crippen molar-refractivity contribution in [3.8, 4) is 5.75 Å². The Labute approximate surface area is 237 Å². The van der Waals surface area contributed by atoms with Crippen LogP contribution in [-0.2, 0) is 29.1 Å². The molecule has 5 rings (SSSR count). The van der Waals surface area contributed by atoms with Crippen molar-refractivity contribution in [2.75, 3.05) is 13.1 Å². The lowest BCUT2D eigenvalue weighted by atomic mass is 9.98. The lowest BCUT2D eigenvalue weighted by Gasteiger charge is -2.55. The molecule has 0 spiro atoms. The van der Waals surface area contributed by atoms with Gasteiger partial charge in [0.15, 0.2) is 0 Å². The maximum Gasteiger partial charge on any atom is 0.338 e. The molecule has 40 heavy (non-hydrogen) atoms. The number of fused-ring (bicyclic) bond motifs is 1. The zero-order valence-electron chi connectivity index (χ0n) is 21.8. The van der Waals surface area contributed by atoms with Crippen LogP contribution in [0.1, 0.15) is 16.7 Å². The number of rotatable bonds is 7. The van der Waals surface area contributed by atoms with Crippen molar-refractivity contribution in [3.63, 3.8) is 0 Å². The molecule has 0 radical (unpaired) electrons. The molecule has 3 aromatic rings. The van der Waals surface area contributed by atoms with E-state index in [1.165, 1.54) is 21.1 Å². The molecule has 2 heterocycles. The summed E-state index contributed by atoms with van der Waals surface area (Å²) >= 11 is 6.43. The lowest BCUT2D eigenvalue weighted by molar-refractivity contribution is -0.184.